The van der Waals surface area contributed by atoms with Gasteiger partial charge in [-0.2, -0.15) is 0 Å². The van der Waals surface area contributed by atoms with E-state index in [1.807, 2.05) is 0 Å². The number of aromatic nitrogens is 2. The van der Waals surface area contributed by atoms with Crippen molar-refractivity contribution in [1.82, 2.24) is 10.1 Å². The smallest absolute Gasteiger partial charge is 0.276 e. The number of nitrogens with zero attached hydrogens (tertiary/aromatic N) is 2. The Morgan fingerprint density at radius 3 is 2.76 bits per heavy atom. The largest absolute Gasteiger partial charge is 0.387 e. The van der Waals surface area contributed by atoms with E-state index >= 15 is 0 Å². The first-order chi connectivity index (χ1) is 8.19. The Morgan fingerprint density at radius 2 is 2.24 bits per heavy atom. The van der Waals surface area contributed by atoms with Gasteiger partial charge in [-0.3, -0.25) is 10.1 Å². The molecule has 2 heterocycles. The molecule has 2 rings (SSSR count). The van der Waals surface area contributed by atoms with E-state index in [0.717, 1.165) is 5.69 Å². The van der Waals surface area contributed by atoms with E-state index in [2.05, 4.69) is 20.8 Å². The highest BCUT2D eigenvalue weighted by Crippen LogP contribution is 2.11. The van der Waals surface area contributed by atoms with Gasteiger partial charge in [-0.1, -0.05) is 5.16 Å². The molecule has 0 aliphatic heterocycles. The third-order valence-corrected chi connectivity index (χ3v) is 2.15. The fourth-order valence-corrected chi connectivity index (χ4v) is 1.27. The molecule has 0 spiro atoms. The molecular formula is C11H12N4O2. The first-order valence-corrected chi connectivity index (χ1v) is 5.07. The van der Waals surface area contributed by atoms with Crippen LogP contribution in [0.25, 0.3) is 0 Å². The zero-order valence-electron chi connectivity index (χ0n) is 9.52. The van der Waals surface area contributed by atoms with Crippen molar-refractivity contribution >= 4 is 17.5 Å². The average Bonchev–Trinajstić information content (AvgIpc) is 2.75. The number of amides is 1. The molecule has 0 aliphatic rings. The molecule has 2 aromatic heterocycles. The number of anilines is 2. The maximum Gasteiger partial charge on any atom is 0.276 e. The van der Waals surface area contributed by atoms with Crippen LogP contribution in [0.2, 0.25) is 0 Å². The summed E-state index contributed by atoms with van der Waals surface area (Å²) in [4.78, 5) is 15.8. The number of carbonyl (C=O) groups is 1. The van der Waals surface area contributed by atoms with Gasteiger partial charge in [0.25, 0.3) is 5.91 Å². The summed E-state index contributed by atoms with van der Waals surface area (Å²) in [7, 11) is 1.79. The summed E-state index contributed by atoms with van der Waals surface area (Å²) in [5.74, 6) is -0.0178. The van der Waals surface area contributed by atoms with Crippen molar-refractivity contribution in [3.05, 3.63) is 35.8 Å². The van der Waals surface area contributed by atoms with Crippen LogP contribution in [0.3, 0.4) is 0 Å². The molecule has 17 heavy (non-hydrogen) atoms. The summed E-state index contributed by atoms with van der Waals surface area (Å²) in [6.45, 7) is 1.78. The van der Waals surface area contributed by atoms with Crippen molar-refractivity contribution in [3.63, 3.8) is 0 Å². The Balaban J connectivity index is 2.09. The summed E-state index contributed by atoms with van der Waals surface area (Å²) in [5, 5.41) is 9.16. The summed E-state index contributed by atoms with van der Waals surface area (Å²) in [6.07, 6.45) is 1.58. The second-order valence-electron chi connectivity index (χ2n) is 3.47. The van der Waals surface area contributed by atoms with Crippen molar-refractivity contribution in [2.45, 2.75) is 6.92 Å². The van der Waals surface area contributed by atoms with Gasteiger partial charge in [0.15, 0.2) is 0 Å². The molecule has 2 N–H and O–H groups in total. The van der Waals surface area contributed by atoms with Gasteiger partial charge in [0, 0.05) is 13.1 Å². The lowest BCUT2D eigenvalue weighted by Crippen LogP contribution is -2.13. The second kappa shape index (κ2) is 4.65. The molecule has 6 nitrogen and oxygen atoms in total. The molecule has 0 fully saturated rings. The fraction of sp³-hybridized carbons (Fsp3) is 0.182. The molecule has 6 heteroatoms. The van der Waals surface area contributed by atoms with E-state index in [-0.39, 0.29) is 5.91 Å². The first kappa shape index (κ1) is 11.1. The first-order valence-electron chi connectivity index (χ1n) is 5.07. The van der Waals surface area contributed by atoms with Crippen LogP contribution >= 0.6 is 0 Å². The zero-order chi connectivity index (χ0) is 12.3. The van der Waals surface area contributed by atoms with Gasteiger partial charge in [-0.15, -0.1) is 0 Å². The van der Waals surface area contributed by atoms with E-state index < -0.39 is 0 Å². The van der Waals surface area contributed by atoms with Crippen molar-refractivity contribution < 1.29 is 9.32 Å². The van der Waals surface area contributed by atoms with E-state index in [0.29, 0.717) is 17.3 Å². The highest BCUT2D eigenvalue weighted by molar-refractivity contribution is 6.02. The summed E-state index contributed by atoms with van der Waals surface area (Å²) in [5.41, 5.74) is 1.87. The van der Waals surface area contributed by atoms with Crippen molar-refractivity contribution in [3.8, 4) is 0 Å². The molecule has 1 amide bonds. The monoisotopic (exact) mass is 232 g/mol. The lowest BCUT2D eigenvalue weighted by molar-refractivity contribution is 0.101. The van der Waals surface area contributed by atoms with E-state index in [1.165, 1.54) is 0 Å². The second-order valence-corrected chi connectivity index (χ2v) is 3.47. The van der Waals surface area contributed by atoms with Crippen LogP contribution in [-0.2, 0) is 0 Å². The predicted octanol–water partition coefficient (Wildman–Crippen LogP) is 1.67. The molecule has 0 atom stereocenters. The molecule has 2 aromatic rings. The molecule has 0 aliphatic carbocycles. The Hall–Kier alpha value is -2.37. The highest BCUT2D eigenvalue weighted by Gasteiger charge is 2.10. The molecule has 0 saturated heterocycles. The van der Waals surface area contributed by atoms with Crippen molar-refractivity contribution in [1.29, 1.82) is 0 Å². The third kappa shape index (κ3) is 2.60. The van der Waals surface area contributed by atoms with Crippen LogP contribution in [-0.4, -0.2) is 23.1 Å². The standard InChI is InChI=1S/C11H12N4O2/c1-7-5-10(17-15-7)14-11(16)9-4-3-8(12-2)6-13-9/h3-6,12H,1-2H3,(H,14,16). The van der Waals surface area contributed by atoms with Crippen LogP contribution in [0, 0.1) is 6.92 Å². The fourth-order valence-electron chi connectivity index (χ4n) is 1.27. The zero-order valence-corrected chi connectivity index (χ0v) is 9.52. The van der Waals surface area contributed by atoms with Crippen molar-refractivity contribution in [2.75, 3.05) is 17.7 Å². The Labute approximate surface area is 98.0 Å². The van der Waals surface area contributed by atoms with Gasteiger partial charge in [0.05, 0.1) is 17.6 Å². The quantitative estimate of drug-likeness (QED) is 0.841. The topological polar surface area (TPSA) is 80.0 Å². The van der Waals surface area contributed by atoms with E-state index in [1.54, 1.807) is 38.4 Å². The van der Waals surface area contributed by atoms with E-state index in [9.17, 15) is 4.79 Å². The SMILES string of the molecule is CNc1ccc(C(=O)Nc2cc(C)no2)nc1. The van der Waals surface area contributed by atoms with E-state index in [4.69, 9.17) is 4.52 Å². The Morgan fingerprint density at radius 1 is 1.41 bits per heavy atom. The molecule has 88 valence electrons. The number of nitrogens with one attached hydrogen (secondary N) is 2. The molecule has 0 saturated carbocycles. The summed E-state index contributed by atoms with van der Waals surface area (Å²) >= 11 is 0. The Bertz CT molecular complexity index is 519. The summed E-state index contributed by atoms with van der Waals surface area (Å²) < 4.78 is 4.88. The molecular weight excluding hydrogens is 220 g/mol. The van der Waals surface area contributed by atoms with Gasteiger partial charge in [-0.25, -0.2) is 4.98 Å². The number of hydrogen-bond donors (Lipinski definition) is 2. The minimum absolute atomic E-state index is 0.312. The maximum absolute atomic E-state index is 11.7. The Kier molecular flexibility index (Phi) is 3.04. The number of carbonyl (C=O) groups excluding carboxylic acids is 1. The molecule has 0 aromatic carbocycles. The number of aryl methyl sites for hydroxylation is 1. The number of rotatable bonds is 3. The van der Waals surface area contributed by atoms with Gasteiger partial charge in [0.1, 0.15) is 5.69 Å². The van der Waals surface area contributed by atoms with Gasteiger partial charge < -0.3 is 9.84 Å². The van der Waals surface area contributed by atoms with Crippen LogP contribution in [0.1, 0.15) is 16.2 Å². The van der Waals surface area contributed by atoms with Crippen LogP contribution in [0.15, 0.2) is 28.9 Å². The van der Waals surface area contributed by atoms with Gasteiger partial charge in [0.2, 0.25) is 5.88 Å². The normalized spacial score (nSPS) is 10.0. The average molecular weight is 232 g/mol. The predicted molar refractivity (Wildman–Crippen MR) is 63.0 cm³/mol. The molecule has 0 bridgehead atoms. The van der Waals surface area contributed by atoms with Crippen LogP contribution in [0.5, 0.6) is 0 Å². The van der Waals surface area contributed by atoms with Crippen LogP contribution < -0.4 is 10.6 Å². The molecule has 0 radical (unpaired) electrons. The lowest BCUT2D eigenvalue weighted by Gasteiger charge is -2.02. The lowest BCUT2D eigenvalue weighted by atomic mass is 10.3. The third-order valence-electron chi connectivity index (χ3n) is 2.15. The van der Waals surface area contributed by atoms with Gasteiger partial charge in [-0.05, 0) is 19.1 Å². The highest BCUT2D eigenvalue weighted by atomic mass is 16.5. The number of pyridine rings is 1. The number of hydrogen-bond acceptors (Lipinski definition) is 5. The van der Waals surface area contributed by atoms with Crippen LogP contribution in [0.4, 0.5) is 11.6 Å². The minimum Gasteiger partial charge on any atom is -0.387 e. The summed E-state index contributed by atoms with van der Waals surface area (Å²) in [6, 6.07) is 5.04. The van der Waals surface area contributed by atoms with Gasteiger partial charge >= 0.3 is 0 Å². The minimum atomic E-state index is -0.330. The molecule has 0 unspecified atom stereocenters. The maximum atomic E-state index is 11.7. The van der Waals surface area contributed by atoms with Crippen molar-refractivity contribution in [2.24, 2.45) is 0 Å².